The van der Waals surface area contributed by atoms with Crippen LogP contribution in [0.4, 0.5) is 0 Å². The van der Waals surface area contributed by atoms with Gasteiger partial charge in [-0.1, -0.05) is 11.6 Å². The number of carbonyl (C=O) groups is 1. The van der Waals surface area contributed by atoms with Gasteiger partial charge in [0.15, 0.2) is 0 Å². The summed E-state index contributed by atoms with van der Waals surface area (Å²) in [6.07, 6.45) is 6.08. The average Bonchev–Trinajstić information content (AvgIpc) is 3.07. The van der Waals surface area contributed by atoms with Gasteiger partial charge < -0.3 is 4.90 Å². The van der Waals surface area contributed by atoms with Crippen LogP contribution in [0.15, 0.2) is 24.5 Å². The van der Waals surface area contributed by atoms with Crippen LogP contribution in [0.25, 0.3) is 0 Å². The zero-order valence-corrected chi connectivity index (χ0v) is 11.5. The first-order chi connectivity index (χ1) is 9.74. The third kappa shape index (κ3) is 1.66. The van der Waals surface area contributed by atoms with Crippen LogP contribution in [0.5, 0.6) is 0 Å². The Labute approximate surface area is 121 Å². The lowest BCUT2D eigenvalue weighted by atomic mass is 9.97. The van der Waals surface area contributed by atoms with Crippen LogP contribution in [-0.4, -0.2) is 32.0 Å². The molecule has 2 atom stereocenters. The quantitative estimate of drug-likeness (QED) is 0.876. The van der Waals surface area contributed by atoms with E-state index in [1.807, 2.05) is 11.0 Å². The fourth-order valence-corrected chi connectivity index (χ4v) is 3.54. The van der Waals surface area contributed by atoms with Crippen molar-refractivity contribution in [1.82, 2.24) is 20.1 Å². The van der Waals surface area contributed by atoms with Crippen molar-refractivity contribution in [3.63, 3.8) is 0 Å². The van der Waals surface area contributed by atoms with Crippen LogP contribution in [0, 0.1) is 0 Å². The first-order valence-corrected chi connectivity index (χ1v) is 7.08. The molecule has 2 aliphatic rings. The minimum absolute atomic E-state index is 0.0145. The van der Waals surface area contributed by atoms with E-state index in [-0.39, 0.29) is 18.0 Å². The highest BCUT2D eigenvalue weighted by molar-refractivity contribution is 6.30. The maximum Gasteiger partial charge on any atom is 0.272 e. The van der Waals surface area contributed by atoms with Crippen LogP contribution in [-0.2, 0) is 6.42 Å². The second-order valence-electron chi connectivity index (χ2n) is 5.32. The molecule has 5 nitrogen and oxygen atoms in total. The molecule has 4 heterocycles. The van der Waals surface area contributed by atoms with Gasteiger partial charge in [-0.3, -0.25) is 14.9 Å². The summed E-state index contributed by atoms with van der Waals surface area (Å²) in [7, 11) is 0. The van der Waals surface area contributed by atoms with Crippen LogP contribution >= 0.6 is 11.6 Å². The number of pyridine rings is 1. The van der Waals surface area contributed by atoms with Crippen molar-refractivity contribution in [2.45, 2.75) is 31.3 Å². The molecule has 6 heteroatoms. The van der Waals surface area contributed by atoms with Gasteiger partial charge in [-0.2, -0.15) is 5.10 Å². The van der Waals surface area contributed by atoms with Crippen LogP contribution in [0.2, 0.25) is 5.02 Å². The molecule has 1 saturated heterocycles. The minimum Gasteiger partial charge on any atom is -0.327 e. The topological polar surface area (TPSA) is 61.9 Å². The molecular formula is C14H13ClN4O. The molecule has 2 aromatic heterocycles. The summed E-state index contributed by atoms with van der Waals surface area (Å²) in [4.78, 5) is 19.0. The Morgan fingerprint density at radius 3 is 3.15 bits per heavy atom. The van der Waals surface area contributed by atoms with Gasteiger partial charge in [-0.15, -0.1) is 0 Å². The average molecular weight is 289 g/mol. The Morgan fingerprint density at radius 1 is 1.45 bits per heavy atom. The summed E-state index contributed by atoms with van der Waals surface area (Å²) < 4.78 is 0. The summed E-state index contributed by atoms with van der Waals surface area (Å²) in [6.45, 7) is 0. The number of aromatic amines is 1. The summed E-state index contributed by atoms with van der Waals surface area (Å²) >= 11 is 6.06. The maximum atomic E-state index is 12.6. The zero-order valence-electron chi connectivity index (χ0n) is 10.7. The third-order valence-electron chi connectivity index (χ3n) is 4.23. The van der Waals surface area contributed by atoms with E-state index in [0.29, 0.717) is 10.7 Å². The Balaban J connectivity index is 1.75. The molecule has 2 aliphatic heterocycles. The molecule has 1 N–H and O–H groups in total. The molecule has 2 bridgehead atoms. The predicted octanol–water partition coefficient (Wildman–Crippen LogP) is 2.36. The first kappa shape index (κ1) is 11.9. The van der Waals surface area contributed by atoms with Gasteiger partial charge in [-0.25, -0.2) is 0 Å². The number of hydrogen-bond donors (Lipinski definition) is 1. The van der Waals surface area contributed by atoms with Gasteiger partial charge >= 0.3 is 0 Å². The van der Waals surface area contributed by atoms with Gasteiger partial charge in [0.05, 0.1) is 11.1 Å². The van der Waals surface area contributed by atoms with Gasteiger partial charge in [0.1, 0.15) is 5.69 Å². The maximum absolute atomic E-state index is 12.6. The SMILES string of the molecule is O=C(c1ccn[nH]1)N1[C@@H]2CC[C@H]1c1cc(Cl)cnc1C2. The fourth-order valence-electron chi connectivity index (χ4n) is 3.38. The summed E-state index contributed by atoms with van der Waals surface area (Å²) in [5.74, 6) is 0.0145. The number of hydrogen-bond acceptors (Lipinski definition) is 3. The standard InChI is InChI=1S/C14H13ClN4O/c15-8-5-10-12(16-7-8)6-9-1-2-13(10)19(9)14(20)11-3-4-17-18-11/h3-5,7,9,13H,1-2,6H2,(H,17,18)/t9-,13+/m1/s1. The monoisotopic (exact) mass is 288 g/mol. The molecule has 0 spiro atoms. The Bertz CT molecular complexity index is 670. The molecule has 1 fully saturated rings. The number of rotatable bonds is 1. The van der Waals surface area contributed by atoms with Crippen LogP contribution in [0.3, 0.4) is 0 Å². The lowest BCUT2D eigenvalue weighted by Crippen LogP contribution is -2.42. The second-order valence-corrected chi connectivity index (χ2v) is 5.76. The third-order valence-corrected chi connectivity index (χ3v) is 4.43. The highest BCUT2D eigenvalue weighted by Gasteiger charge is 2.43. The van der Waals surface area contributed by atoms with Crippen molar-refractivity contribution in [1.29, 1.82) is 0 Å². The Hall–Kier alpha value is -1.88. The molecule has 0 radical (unpaired) electrons. The van der Waals surface area contributed by atoms with E-state index in [0.717, 1.165) is 30.5 Å². The second kappa shape index (κ2) is 4.31. The van der Waals surface area contributed by atoms with Crippen molar-refractivity contribution in [2.24, 2.45) is 0 Å². The molecule has 0 unspecified atom stereocenters. The highest BCUT2D eigenvalue weighted by atomic mass is 35.5. The van der Waals surface area contributed by atoms with E-state index in [1.54, 1.807) is 18.5 Å². The number of nitrogens with zero attached hydrogens (tertiary/aromatic N) is 3. The number of amides is 1. The number of fused-ring (bicyclic) bond motifs is 4. The molecule has 20 heavy (non-hydrogen) atoms. The van der Waals surface area contributed by atoms with Gasteiger partial charge in [0, 0.05) is 30.6 Å². The van der Waals surface area contributed by atoms with Crippen molar-refractivity contribution >= 4 is 17.5 Å². The lowest BCUT2D eigenvalue weighted by Gasteiger charge is -2.35. The number of halogens is 1. The lowest BCUT2D eigenvalue weighted by molar-refractivity contribution is 0.0638. The normalized spacial score (nSPS) is 23.8. The summed E-state index contributed by atoms with van der Waals surface area (Å²) in [5, 5.41) is 7.24. The molecular weight excluding hydrogens is 276 g/mol. The van der Waals surface area contributed by atoms with Crippen LogP contribution in [0.1, 0.15) is 40.6 Å². The zero-order chi connectivity index (χ0) is 13.7. The highest BCUT2D eigenvalue weighted by Crippen LogP contribution is 2.44. The Kier molecular flexibility index (Phi) is 2.57. The Morgan fingerprint density at radius 2 is 2.35 bits per heavy atom. The number of H-pyrrole nitrogens is 1. The number of aromatic nitrogens is 3. The van der Waals surface area contributed by atoms with E-state index in [2.05, 4.69) is 15.2 Å². The first-order valence-electron chi connectivity index (χ1n) is 6.70. The predicted molar refractivity (Wildman–Crippen MR) is 73.5 cm³/mol. The summed E-state index contributed by atoms with van der Waals surface area (Å²) in [6, 6.07) is 3.99. The molecule has 1 amide bonds. The molecule has 4 rings (SSSR count). The van der Waals surface area contributed by atoms with Crippen molar-refractivity contribution in [2.75, 3.05) is 0 Å². The molecule has 0 saturated carbocycles. The van der Waals surface area contributed by atoms with Gasteiger partial charge in [0.2, 0.25) is 0 Å². The summed E-state index contributed by atoms with van der Waals surface area (Å²) in [5.41, 5.74) is 2.72. The van der Waals surface area contributed by atoms with Gasteiger partial charge in [-0.05, 0) is 30.5 Å². The van der Waals surface area contributed by atoms with Gasteiger partial charge in [0.25, 0.3) is 5.91 Å². The number of nitrogens with one attached hydrogen (secondary N) is 1. The smallest absolute Gasteiger partial charge is 0.272 e. The fraction of sp³-hybridized carbons (Fsp3) is 0.357. The number of carbonyl (C=O) groups excluding carboxylic acids is 1. The van der Waals surface area contributed by atoms with E-state index in [4.69, 9.17) is 11.6 Å². The van der Waals surface area contributed by atoms with Crippen molar-refractivity contribution < 1.29 is 4.79 Å². The van der Waals surface area contributed by atoms with E-state index in [9.17, 15) is 4.79 Å². The van der Waals surface area contributed by atoms with E-state index in [1.165, 1.54) is 0 Å². The largest absolute Gasteiger partial charge is 0.327 e. The molecule has 0 aliphatic carbocycles. The van der Waals surface area contributed by atoms with Crippen LogP contribution < -0.4 is 0 Å². The van der Waals surface area contributed by atoms with Crippen molar-refractivity contribution in [3.8, 4) is 0 Å². The van der Waals surface area contributed by atoms with E-state index >= 15 is 0 Å². The minimum atomic E-state index is 0.0145. The molecule has 0 aromatic carbocycles. The van der Waals surface area contributed by atoms with E-state index < -0.39 is 0 Å². The van der Waals surface area contributed by atoms with Crippen molar-refractivity contribution in [3.05, 3.63) is 46.5 Å². The molecule has 2 aromatic rings. The molecule has 102 valence electrons.